The largest absolute Gasteiger partial charge is 0.354 e. The van der Waals surface area contributed by atoms with Crippen molar-refractivity contribution in [2.24, 2.45) is 5.92 Å². The van der Waals surface area contributed by atoms with Gasteiger partial charge in [0, 0.05) is 6.54 Å². The second-order valence-corrected chi connectivity index (χ2v) is 5.77. The van der Waals surface area contributed by atoms with Crippen LogP contribution in [0.2, 0.25) is 0 Å². The molecule has 0 aromatic heterocycles. The van der Waals surface area contributed by atoms with Crippen LogP contribution in [-0.2, 0) is 17.6 Å². The van der Waals surface area contributed by atoms with Gasteiger partial charge in [0.25, 0.3) is 0 Å². The number of rotatable bonds is 3. The van der Waals surface area contributed by atoms with E-state index in [-0.39, 0.29) is 24.4 Å². The Morgan fingerprint density at radius 2 is 2.05 bits per heavy atom. The SMILES string of the molecule is Cl.O=C(NCC1CCc2ccccc2C1)C1CCCN1. The van der Waals surface area contributed by atoms with Gasteiger partial charge in [-0.15, -0.1) is 12.4 Å². The van der Waals surface area contributed by atoms with Gasteiger partial charge < -0.3 is 10.6 Å². The number of amides is 1. The van der Waals surface area contributed by atoms with Crippen LogP contribution < -0.4 is 10.6 Å². The molecule has 20 heavy (non-hydrogen) atoms. The third kappa shape index (κ3) is 3.53. The third-order valence-electron chi connectivity index (χ3n) is 4.39. The first-order valence-corrected chi connectivity index (χ1v) is 7.41. The Kier molecular flexibility index (Phi) is 5.44. The Morgan fingerprint density at radius 3 is 2.80 bits per heavy atom. The second-order valence-electron chi connectivity index (χ2n) is 5.77. The van der Waals surface area contributed by atoms with E-state index in [1.807, 2.05) is 0 Å². The van der Waals surface area contributed by atoms with E-state index >= 15 is 0 Å². The number of halogens is 1. The number of aryl methyl sites for hydroxylation is 1. The third-order valence-corrected chi connectivity index (χ3v) is 4.39. The molecule has 0 bridgehead atoms. The number of hydrogen-bond donors (Lipinski definition) is 2. The van der Waals surface area contributed by atoms with Gasteiger partial charge in [-0.3, -0.25) is 4.79 Å². The molecule has 2 aliphatic rings. The summed E-state index contributed by atoms with van der Waals surface area (Å²) in [6.45, 7) is 1.81. The molecule has 1 aliphatic heterocycles. The van der Waals surface area contributed by atoms with Gasteiger partial charge in [0.15, 0.2) is 0 Å². The summed E-state index contributed by atoms with van der Waals surface area (Å²) in [6.07, 6.45) is 5.55. The fourth-order valence-corrected chi connectivity index (χ4v) is 3.22. The van der Waals surface area contributed by atoms with E-state index in [1.165, 1.54) is 17.5 Å². The Bertz CT molecular complexity index is 458. The molecular weight excluding hydrogens is 272 g/mol. The Labute approximate surface area is 126 Å². The van der Waals surface area contributed by atoms with Crippen LogP contribution in [0, 0.1) is 5.92 Å². The molecule has 1 fully saturated rings. The molecule has 1 saturated heterocycles. The highest BCUT2D eigenvalue weighted by Crippen LogP contribution is 2.24. The number of hydrogen-bond acceptors (Lipinski definition) is 2. The van der Waals surface area contributed by atoms with Crippen LogP contribution >= 0.6 is 12.4 Å². The van der Waals surface area contributed by atoms with E-state index in [0.717, 1.165) is 38.8 Å². The summed E-state index contributed by atoms with van der Waals surface area (Å²) in [5.41, 5.74) is 2.95. The smallest absolute Gasteiger partial charge is 0.237 e. The topological polar surface area (TPSA) is 41.1 Å². The molecule has 2 atom stereocenters. The molecule has 0 radical (unpaired) electrons. The lowest BCUT2D eigenvalue weighted by Crippen LogP contribution is -2.42. The van der Waals surface area contributed by atoms with Crippen molar-refractivity contribution in [2.45, 2.75) is 38.1 Å². The van der Waals surface area contributed by atoms with Gasteiger partial charge in [-0.05, 0) is 55.7 Å². The van der Waals surface area contributed by atoms with Crippen molar-refractivity contribution in [3.8, 4) is 0 Å². The van der Waals surface area contributed by atoms with Crippen LogP contribution in [-0.4, -0.2) is 25.0 Å². The van der Waals surface area contributed by atoms with E-state index in [0.29, 0.717) is 5.92 Å². The summed E-state index contributed by atoms with van der Waals surface area (Å²) in [6, 6.07) is 8.74. The van der Waals surface area contributed by atoms with Crippen LogP contribution in [0.15, 0.2) is 24.3 Å². The van der Waals surface area contributed by atoms with Crippen molar-refractivity contribution in [3.05, 3.63) is 35.4 Å². The first kappa shape index (κ1) is 15.3. The minimum absolute atomic E-state index is 0. The van der Waals surface area contributed by atoms with Crippen molar-refractivity contribution < 1.29 is 4.79 Å². The maximum atomic E-state index is 12.0. The lowest BCUT2D eigenvalue weighted by Gasteiger charge is -2.25. The fraction of sp³-hybridized carbons (Fsp3) is 0.562. The molecule has 1 aromatic carbocycles. The van der Waals surface area contributed by atoms with E-state index in [9.17, 15) is 4.79 Å². The predicted octanol–water partition coefficient (Wildman–Crippen LogP) is 2.08. The van der Waals surface area contributed by atoms with Gasteiger partial charge in [-0.1, -0.05) is 24.3 Å². The molecular formula is C16H23ClN2O. The zero-order chi connectivity index (χ0) is 13.1. The number of carbonyl (C=O) groups is 1. The number of carbonyl (C=O) groups excluding carboxylic acids is 1. The fourth-order valence-electron chi connectivity index (χ4n) is 3.22. The van der Waals surface area contributed by atoms with Crippen molar-refractivity contribution in [1.82, 2.24) is 10.6 Å². The van der Waals surface area contributed by atoms with E-state index in [4.69, 9.17) is 0 Å². The first-order chi connectivity index (χ1) is 9.33. The van der Waals surface area contributed by atoms with Crippen molar-refractivity contribution in [1.29, 1.82) is 0 Å². The number of nitrogens with one attached hydrogen (secondary N) is 2. The van der Waals surface area contributed by atoms with Gasteiger partial charge in [-0.2, -0.15) is 0 Å². The Balaban J connectivity index is 0.00000147. The summed E-state index contributed by atoms with van der Waals surface area (Å²) in [5, 5.41) is 6.37. The molecule has 1 amide bonds. The average molecular weight is 295 g/mol. The highest BCUT2D eigenvalue weighted by atomic mass is 35.5. The highest BCUT2D eigenvalue weighted by molar-refractivity contribution is 5.85. The van der Waals surface area contributed by atoms with Crippen molar-refractivity contribution in [2.75, 3.05) is 13.1 Å². The molecule has 1 heterocycles. The molecule has 0 spiro atoms. The maximum Gasteiger partial charge on any atom is 0.237 e. The van der Waals surface area contributed by atoms with Crippen LogP contribution in [0.3, 0.4) is 0 Å². The van der Waals surface area contributed by atoms with Gasteiger partial charge >= 0.3 is 0 Å². The van der Waals surface area contributed by atoms with Crippen LogP contribution in [0.1, 0.15) is 30.4 Å². The summed E-state index contributed by atoms with van der Waals surface area (Å²) >= 11 is 0. The van der Waals surface area contributed by atoms with Crippen LogP contribution in [0.5, 0.6) is 0 Å². The normalized spacial score (nSPS) is 24.6. The standard InChI is InChI=1S/C16H22N2O.ClH/c19-16(15-6-3-9-17-15)18-11-12-7-8-13-4-1-2-5-14(13)10-12;/h1-2,4-5,12,15,17H,3,6-11H2,(H,18,19);1H. The summed E-state index contributed by atoms with van der Waals surface area (Å²) in [5.74, 6) is 0.789. The zero-order valence-corrected chi connectivity index (χ0v) is 12.5. The molecule has 1 aliphatic carbocycles. The lowest BCUT2D eigenvalue weighted by molar-refractivity contribution is -0.123. The van der Waals surface area contributed by atoms with E-state index in [1.54, 1.807) is 0 Å². The van der Waals surface area contributed by atoms with Gasteiger partial charge in [-0.25, -0.2) is 0 Å². The van der Waals surface area contributed by atoms with Crippen molar-refractivity contribution >= 4 is 18.3 Å². The zero-order valence-electron chi connectivity index (χ0n) is 11.7. The lowest BCUT2D eigenvalue weighted by atomic mass is 9.84. The maximum absolute atomic E-state index is 12.0. The van der Waals surface area contributed by atoms with E-state index < -0.39 is 0 Å². The average Bonchev–Trinajstić information content (AvgIpc) is 2.99. The molecule has 2 unspecified atom stereocenters. The first-order valence-electron chi connectivity index (χ1n) is 7.41. The van der Waals surface area contributed by atoms with E-state index in [2.05, 4.69) is 34.9 Å². The second kappa shape index (κ2) is 7.09. The molecule has 2 N–H and O–H groups in total. The summed E-state index contributed by atoms with van der Waals surface area (Å²) < 4.78 is 0. The molecule has 3 rings (SSSR count). The number of fused-ring (bicyclic) bond motifs is 1. The van der Waals surface area contributed by atoms with Gasteiger partial charge in [0.2, 0.25) is 5.91 Å². The molecule has 3 nitrogen and oxygen atoms in total. The highest BCUT2D eigenvalue weighted by Gasteiger charge is 2.23. The molecule has 0 saturated carbocycles. The monoisotopic (exact) mass is 294 g/mol. The summed E-state index contributed by atoms with van der Waals surface area (Å²) in [4.78, 5) is 12.0. The number of benzene rings is 1. The Hall–Kier alpha value is -1.06. The van der Waals surface area contributed by atoms with Gasteiger partial charge in [0.05, 0.1) is 6.04 Å². The minimum Gasteiger partial charge on any atom is -0.354 e. The molecule has 110 valence electrons. The predicted molar refractivity (Wildman–Crippen MR) is 83.2 cm³/mol. The van der Waals surface area contributed by atoms with Gasteiger partial charge in [0.1, 0.15) is 0 Å². The molecule has 1 aromatic rings. The summed E-state index contributed by atoms with van der Waals surface area (Å²) in [7, 11) is 0. The Morgan fingerprint density at radius 1 is 1.25 bits per heavy atom. The van der Waals surface area contributed by atoms with Crippen molar-refractivity contribution in [3.63, 3.8) is 0 Å². The quantitative estimate of drug-likeness (QED) is 0.896. The minimum atomic E-state index is 0. The van der Waals surface area contributed by atoms with Crippen LogP contribution in [0.4, 0.5) is 0 Å². The molecule has 4 heteroatoms. The van der Waals surface area contributed by atoms with Crippen LogP contribution in [0.25, 0.3) is 0 Å².